The van der Waals surface area contributed by atoms with Gasteiger partial charge in [0.15, 0.2) is 0 Å². The molecule has 98 valence electrons. The molecular weight excluding hydrogens is 242 g/mol. The fraction of sp³-hybridized carbons (Fsp3) is 0.286. The fourth-order valence-corrected chi connectivity index (χ4v) is 2.42. The zero-order chi connectivity index (χ0) is 13.6. The summed E-state index contributed by atoms with van der Waals surface area (Å²) >= 11 is 0. The monoisotopic (exact) mass is 257 g/mol. The van der Waals surface area contributed by atoms with Crippen LogP contribution < -0.4 is 10.6 Å². The lowest BCUT2D eigenvalue weighted by atomic mass is 10.1. The maximum atomic E-state index is 11.7. The third kappa shape index (κ3) is 1.82. The van der Waals surface area contributed by atoms with Crippen LogP contribution in [-0.4, -0.2) is 17.9 Å². The Balaban J connectivity index is 2.06. The molecule has 0 aliphatic carbocycles. The number of aromatic nitrogens is 1. The topological polar surface area (TPSA) is 72.4 Å². The first-order valence-electron chi connectivity index (χ1n) is 6.16. The van der Waals surface area contributed by atoms with E-state index in [0.717, 1.165) is 28.3 Å². The number of nitrogens with zero attached hydrogens (tertiary/aromatic N) is 2. The van der Waals surface area contributed by atoms with Gasteiger partial charge in [-0.25, -0.2) is 4.98 Å². The highest BCUT2D eigenvalue weighted by atomic mass is 16.4. The summed E-state index contributed by atoms with van der Waals surface area (Å²) in [7, 11) is 1.79. The van der Waals surface area contributed by atoms with Crippen molar-refractivity contribution in [2.45, 2.75) is 19.9 Å². The van der Waals surface area contributed by atoms with Crippen LogP contribution in [0.4, 0.5) is 5.69 Å². The van der Waals surface area contributed by atoms with Crippen LogP contribution in [-0.2, 0) is 17.8 Å². The van der Waals surface area contributed by atoms with E-state index in [4.69, 9.17) is 10.2 Å². The molecular formula is C14H15N3O2. The van der Waals surface area contributed by atoms with Crippen molar-refractivity contribution in [1.29, 1.82) is 0 Å². The van der Waals surface area contributed by atoms with E-state index in [2.05, 4.69) is 4.98 Å². The van der Waals surface area contributed by atoms with E-state index >= 15 is 0 Å². The van der Waals surface area contributed by atoms with Gasteiger partial charge in [-0.15, -0.1) is 0 Å². The molecule has 0 saturated heterocycles. The molecule has 0 bridgehead atoms. The summed E-state index contributed by atoms with van der Waals surface area (Å²) in [6.07, 6.45) is 0.445. The van der Waals surface area contributed by atoms with Crippen LogP contribution >= 0.6 is 0 Å². The van der Waals surface area contributed by atoms with Gasteiger partial charge in [-0.1, -0.05) is 6.07 Å². The number of nitrogens with two attached hydrogens (primary N) is 1. The maximum Gasteiger partial charge on any atom is 0.231 e. The molecule has 5 nitrogen and oxygen atoms in total. The van der Waals surface area contributed by atoms with Crippen LogP contribution in [0.15, 0.2) is 22.6 Å². The van der Waals surface area contributed by atoms with Crippen LogP contribution in [0.3, 0.4) is 0 Å². The van der Waals surface area contributed by atoms with Crippen molar-refractivity contribution in [2.75, 3.05) is 11.9 Å². The summed E-state index contributed by atoms with van der Waals surface area (Å²) in [5.41, 5.74) is 9.28. The molecule has 0 radical (unpaired) electrons. The fourth-order valence-electron chi connectivity index (χ4n) is 2.42. The predicted molar refractivity (Wildman–Crippen MR) is 71.7 cm³/mol. The number of oxazole rings is 1. The number of hydrogen-bond acceptors (Lipinski definition) is 4. The zero-order valence-electron chi connectivity index (χ0n) is 10.9. The number of carbonyl (C=O) groups excluding carboxylic acids is 1. The lowest BCUT2D eigenvalue weighted by Gasteiger charge is -2.10. The largest absolute Gasteiger partial charge is 0.444 e. The molecule has 19 heavy (non-hydrogen) atoms. The molecule has 0 saturated carbocycles. The van der Waals surface area contributed by atoms with Crippen LogP contribution in [0, 0.1) is 6.92 Å². The van der Waals surface area contributed by atoms with E-state index in [1.165, 1.54) is 0 Å². The van der Waals surface area contributed by atoms with Crippen molar-refractivity contribution in [3.63, 3.8) is 0 Å². The van der Waals surface area contributed by atoms with Crippen molar-refractivity contribution in [1.82, 2.24) is 4.98 Å². The highest BCUT2D eigenvalue weighted by Gasteiger charge is 2.24. The Morgan fingerprint density at radius 2 is 2.26 bits per heavy atom. The number of aryl methyl sites for hydroxylation is 1. The summed E-state index contributed by atoms with van der Waals surface area (Å²) in [5, 5.41) is 0. The van der Waals surface area contributed by atoms with Gasteiger partial charge in [-0.05, 0) is 24.6 Å². The molecule has 0 atom stereocenters. The predicted octanol–water partition coefficient (Wildman–Crippen LogP) is 1.63. The number of amides is 1. The summed E-state index contributed by atoms with van der Waals surface area (Å²) in [6.45, 7) is 2.15. The number of likely N-dealkylation sites (N-methyl/N-ethyl adjacent to an activating group) is 1. The molecule has 0 unspecified atom stereocenters. The number of hydrogen-bond donors (Lipinski definition) is 1. The lowest BCUT2D eigenvalue weighted by Crippen LogP contribution is -2.20. The van der Waals surface area contributed by atoms with Crippen LogP contribution in [0.1, 0.15) is 17.2 Å². The Labute approximate surface area is 111 Å². The number of benzene rings is 1. The van der Waals surface area contributed by atoms with Gasteiger partial charge in [-0.2, -0.15) is 0 Å². The lowest BCUT2D eigenvalue weighted by molar-refractivity contribution is -0.117. The first kappa shape index (κ1) is 11.9. The second kappa shape index (κ2) is 4.20. The third-order valence-electron chi connectivity index (χ3n) is 3.45. The van der Waals surface area contributed by atoms with E-state index in [1.807, 2.05) is 25.1 Å². The van der Waals surface area contributed by atoms with Crippen LogP contribution in [0.25, 0.3) is 11.3 Å². The van der Waals surface area contributed by atoms with E-state index < -0.39 is 0 Å². The molecule has 5 heteroatoms. The molecule has 2 aromatic rings. The Morgan fingerprint density at radius 3 is 2.95 bits per heavy atom. The number of carbonyl (C=O) groups is 1. The van der Waals surface area contributed by atoms with Crippen LogP contribution in [0.5, 0.6) is 0 Å². The smallest absolute Gasteiger partial charge is 0.231 e. The number of fused-ring (bicyclic) bond motifs is 1. The van der Waals surface area contributed by atoms with Gasteiger partial charge in [0.05, 0.1) is 13.0 Å². The molecule has 1 aliphatic rings. The molecule has 1 aromatic heterocycles. The number of rotatable bonds is 2. The minimum atomic E-state index is 0.117. The molecule has 3 rings (SSSR count). The van der Waals surface area contributed by atoms with Gasteiger partial charge >= 0.3 is 0 Å². The Kier molecular flexibility index (Phi) is 2.64. The van der Waals surface area contributed by atoms with E-state index in [-0.39, 0.29) is 12.5 Å². The van der Waals surface area contributed by atoms with Crippen molar-refractivity contribution >= 4 is 11.6 Å². The molecule has 2 heterocycles. The van der Waals surface area contributed by atoms with Crippen molar-refractivity contribution in [2.24, 2.45) is 5.73 Å². The maximum absolute atomic E-state index is 11.7. The summed E-state index contributed by atoms with van der Waals surface area (Å²) < 4.78 is 5.47. The average Bonchev–Trinajstić information content (AvgIpc) is 2.91. The van der Waals surface area contributed by atoms with Crippen molar-refractivity contribution in [3.8, 4) is 11.3 Å². The van der Waals surface area contributed by atoms with Crippen LogP contribution in [0.2, 0.25) is 0 Å². The van der Waals surface area contributed by atoms with Gasteiger partial charge in [0.1, 0.15) is 11.5 Å². The Morgan fingerprint density at radius 1 is 1.47 bits per heavy atom. The van der Waals surface area contributed by atoms with Gasteiger partial charge in [0, 0.05) is 18.3 Å². The number of anilines is 1. The highest BCUT2D eigenvalue weighted by molar-refractivity contribution is 6.01. The van der Waals surface area contributed by atoms with Crippen molar-refractivity contribution < 1.29 is 9.21 Å². The third-order valence-corrected chi connectivity index (χ3v) is 3.45. The highest BCUT2D eigenvalue weighted by Crippen LogP contribution is 2.32. The molecule has 2 N–H and O–H groups in total. The first-order chi connectivity index (χ1) is 9.10. The zero-order valence-corrected chi connectivity index (χ0v) is 10.9. The standard InChI is InChI=1S/C14H15N3O2/c1-8-14(16-12(7-15)19-8)9-3-4-11-10(5-9)6-13(18)17(11)2/h3-5H,6-7,15H2,1-2H3. The Bertz CT molecular complexity index is 661. The summed E-state index contributed by atoms with van der Waals surface area (Å²) in [6, 6.07) is 5.91. The quantitative estimate of drug-likeness (QED) is 0.887. The van der Waals surface area contributed by atoms with Gasteiger partial charge in [0.25, 0.3) is 0 Å². The Hall–Kier alpha value is -2.14. The summed E-state index contributed by atoms with van der Waals surface area (Å²) in [4.78, 5) is 17.7. The minimum Gasteiger partial charge on any atom is -0.444 e. The molecule has 1 amide bonds. The SMILES string of the molecule is Cc1oc(CN)nc1-c1ccc2c(c1)CC(=O)N2C. The molecule has 0 spiro atoms. The second-order valence-electron chi connectivity index (χ2n) is 4.69. The minimum absolute atomic E-state index is 0.117. The summed E-state index contributed by atoms with van der Waals surface area (Å²) in [5.74, 6) is 1.39. The molecule has 0 fully saturated rings. The van der Waals surface area contributed by atoms with Gasteiger partial charge in [0.2, 0.25) is 11.8 Å². The van der Waals surface area contributed by atoms with Crippen molar-refractivity contribution in [3.05, 3.63) is 35.4 Å². The van der Waals surface area contributed by atoms with E-state index in [0.29, 0.717) is 12.3 Å². The van der Waals surface area contributed by atoms with E-state index in [9.17, 15) is 4.79 Å². The normalized spacial score (nSPS) is 14.1. The van der Waals surface area contributed by atoms with Gasteiger partial charge < -0.3 is 15.1 Å². The second-order valence-corrected chi connectivity index (χ2v) is 4.69. The molecule has 1 aliphatic heterocycles. The van der Waals surface area contributed by atoms with Gasteiger partial charge in [-0.3, -0.25) is 4.79 Å². The first-order valence-corrected chi connectivity index (χ1v) is 6.16. The average molecular weight is 257 g/mol. The van der Waals surface area contributed by atoms with E-state index in [1.54, 1.807) is 11.9 Å². The molecule has 1 aromatic carbocycles.